The van der Waals surface area contributed by atoms with E-state index in [9.17, 15) is 5.11 Å². The fourth-order valence-electron chi connectivity index (χ4n) is 1.59. The summed E-state index contributed by atoms with van der Waals surface area (Å²) in [5, 5.41) is 12.9. The number of hydrogen-bond donors (Lipinski definition) is 2. The van der Waals surface area contributed by atoms with Crippen LogP contribution in [-0.2, 0) is 4.74 Å². The zero-order chi connectivity index (χ0) is 10.6. The van der Waals surface area contributed by atoms with Gasteiger partial charge in [-0.15, -0.1) is 0 Å². The summed E-state index contributed by atoms with van der Waals surface area (Å²) in [4.78, 5) is 0. The van der Waals surface area contributed by atoms with Crippen molar-refractivity contribution in [2.45, 2.75) is 57.8 Å². The van der Waals surface area contributed by atoms with Crippen LogP contribution < -0.4 is 5.32 Å². The van der Waals surface area contributed by atoms with Crippen molar-refractivity contribution in [2.24, 2.45) is 0 Å². The second-order valence-corrected chi connectivity index (χ2v) is 4.94. The molecule has 3 nitrogen and oxygen atoms in total. The SMILES string of the molecule is CC1CCC(OCCC(C)(C)O)CN1. The zero-order valence-electron chi connectivity index (χ0n) is 9.55. The molecule has 1 fully saturated rings. The summed E-state index contributed by atoms with van der Waals surface area (Å²) in [6.07, 6.45) is 3.38. The molecule has 2 atom stereocenters. The Balaban J connectivity index is 2.08. The third-order valence-corrected chi connectivity index (χ3v) is 2.68. The van der Waals surface area contributed by atoms with Gasteiger partial charge in [-0.3, -0.25) is 0 Å². The van der Waals surface area contributed by atoms with Gasteiger partial charge in [0.05, 0.1) is 11.7 Å². The van der Waals surface area contributed by atoms with Gasteiger partial charge in [0.1, 0.15) is 0 Å². The van der Waals surface area contributed by atoms with E-state index in [1.54, 1.807) is 0 Å². The van der Waals surface area contributed by atoms with Gasteiger partial charge in [0.15, 0.2) is 0 Å². The molecule has 0 bridgehead atoms. The average Bonchev–Trinajstić information content (AvgIpc) is 2.06. The Bertz CT molecular complexity index is 157. The Hall–Kier alpha value is -0.120. The van der Waals surface area contributed by atoms with E-state index in [4.69, 9.17) is 4.74 Å². The first-order valence-corrected chi connectivity index (χ1v) is 5.55. The van der Waals surface area contributed by atoms with Crippen LogP contribution in [0.25, 0.3) is 0 Å². The van der Waals surface area contributed by atoms with Crippen LogP contribution >= 0.6 is 0 Å². The highest BCUT2D eigenvalue weighted by atomic mass is 16.5. The lowest BCUT2D eigenvalue weighted by molar-refractivity contribution is -0.0118. The summed E-state index contributed by atoms with van der Waals surface area (Å²) in [5.41, 5.74) is -0.602. The molecular formula is C11H23NO2. The van der Waals surface area contributed by atoms with E-state index >= 15 is 0 Å². The summed E-state index contributed by atoms with van der Waals surface area (Å²) in [5.74, 6) is 0. The Morgan fingerprint density at radius 1 is 1.43 bits per heavy atom. The molecule has 0 aromatic carbocycles. The van der Waals surface area contributed by atoms with Crippen molar-refractivity contribution < 1.29 is 9.84 Å². The summed E-state index contributed by atoms with van der Waals surface area (Å²) in [6, 6.07) is 0.629. The summed E-state index contributed by atoms with van der Waals surface area (Å²) in [6.45, 7) is 7.44. The van der Waals surface area contributed by atoms with Crippen molar-refractivity contribution >= 4 is 0 Å². The maximum Gasteiger partial charge on any atom is 0.0700 e. The van der Waals surface area contributed by atoms with Gasteiger partial charge in [-0.25, -0.2) is 0 Å². The Kier molecular flexibility index (Phi) is 4.35. The fourth-order valence-corrected chi connectivity index (χ4v) is 1.59. The minimum Gasteiger partial charge on any atom is -0.390 e. The number of ether oxygens (including phenoxy) is 1. The fraction of sp³-hybridized carbons (Fsp3) is 1.00. The van der Waals surface area contributed by atoms with Crippen LogP contribution in [-0.4, -0.2) is 36.0 Å². The normalized spacial score (nSPS) is 29.1. The first-order chi connectivity index (χ1) is 6.47. The van der Waals surface area contributed by atoms with E-state index < -0.39 is 5.60 Å². The lowest BCUT2D eigenvalue weighted by Crippen LogP contribution is -2.41. The monoisotopic (exact) mass is 201 g/mol. The maximum absolute atomic E-state index is 9.49. The molecule has 0 aliphatic carbocycles. The molecule has 2 N–H and O–H groups in total. The third kappa shape index (κ3) is 4.94. The predicted molar refractivity (Wildman–Crippen MR) is 57.4 cm³/mol. The molecule has 0 radical (unpaired) electrons. The van der Waals surface area contributed by atoms with Crippen molar-refractivity contribution in [3.63, 3.8) is 0 Å². The zero-order valence-corrected chi connectivity index (χ0v) is 9.55. The van der Waals surface area contributed by atoms with E-state index in [1.807, 2.05) is 13.8 Å². The van der Waals surface area contributed by atoms with Gasteiger partial charge >= 0.3 is 0 Å². The maximum atomic E-state index is 9.49. The first kappa shape index (κ1) is 12.0. The molecule has 0 amide bonds. The highest BCUT2D eigenvalue weighted by Crippen LogP contribution is 2.13. The highest BCUT2D eigenvalue weighted by molar-refractivity contribution is 4.75. The number of nitrogens with one attached hydrogen (secondary N) is 1. The largest absolute Gasteiger partial charge is 0.390 e. The molecule has 1 aliphatic rings. The van der Waals surface area contributed by atoms with Gasteiger partial charge in [0.25, 0.3) is 0 Å². The molecule has 2 unspecified atom stereocenters. The summed E-state index contributed by atoms with van der Waals surface area (Å²) >= 11 is 0. The number of aliphatic hydroxyl groups is 1. The van der Waals surface area contributed by atoms with Gasteiger partial charge in [-0.05, 0) is 40.0 Å². The molecule has 1 saturated heterocycles. The van der Waals surface area contributed by atoms with Crippen LogP contribution in [0.15, 0.2) is 0 Å². The standard InChI is InChI=1S/C11H23NO2/c1-9-4-5-10(8-12-9)14-7-6-11(2,3)13/h9-10,12-13H,4-8H2,1-3H3. The lowest BCUT2D eigenvalue weighted by atomic mass is 10.0. The number of hydrogen-bond acceptors (Lipinski definition) is 3. The minimum atomic E-state index is -0.602. The molecule has 0 aromatic rings. The summed E-state index contributed by atoms with van der Waals surface area (Å²) < 4.78 is 5.68. The topological polar surface area (TPSA) is 41.5 Å². The third-order valence-electron chi connectivity index (χ3n) is 2.68. The molecule has 14 heavy (non-hydrogen) atoms. The molecule has 84 valence electrons. The number of piperidine rings is 1. The Labute approximate surface area is 86.8 Å². The molecule has 1 aliphatic heterocycles. The average molecular weight is 201 g/mol. The second-order valence-electron chi connectivity index (χ2n) is 4.94. The molecular weight excluding hydrogens is 178 g/mol. The molecule has 1 rings (SSSR count). The van der Waals surface area contributed by atoms with Crippen LogP contribution in [0, 0.1) is 0 Å². The Morgan fingerprint density at radius 2 is 2.14 bits per heavy atom. The molecule has 0 spiro atoms. The smallest absolute Gasteiger partial charge is 0.0700 e. The van der Waals surface area contributed by atoms with E-state index in [1.165, 1.54) is 6.42 Å². The van der Waals surface area contributed by atoms with Gasteiger partial charge in [0.2, 0.25) is 0 Å². The van der Waals surface area contributed by atoms with E-state index in [2.05, 4.69) is 12.2 Å². The van der Waals surface area contributed by atoms with Crippen LogP contribution in [0.5, 0.6) is 0 Å². The van der Waals surface area contributed by atoms with Crippen LogP contribution in [0.1, 0.15) is 40.0 Å². The van der Waals surface area contributed by atoms with Crippen LogP contribution in [0.4, 0.5) is 0 Å². The molecule has 0 saturated carbocycles. The van der Waals surface area contributed by atoms with E-state index in [0.717, 1.165) is 13.0 Å². The quantitative estimate of drug-likeness (QED) is 0.720. The summed E-state index contributed by atoms with van der Waals surface area (Å²) in [7, 11) is 0. The van der Waals surface area contributed by atoms with Gasteiger partial charge < -0.3 is 15.2 Å². The van der Waals surface area contributed by atoms with Crippen molar-refractivity contribution in [1.82, 2.24) is 5.32 Å². The Morgan fingerprint density at radius 3 is 2.64 bits per heavy atom. The molecule has 3 heteroatoms. The minimum absolute atomic E-state index is 0.341. The predicted octanol–water partition coefficient (Wildman–Crippen LogP) is 1.30. The lowest BCUT2D eigenvalue weighted by Gasteiger charge is -2.28. The van der Waals surface area contributed by atoms with Crippen molar-refractivity contribution in [3.05, 3.63) is 0 Å². The highest BCUT2D eigenvalue weighted by Gasteiger charge is 2.19. The molecule has 1 heterocycles. The number of rotatable bonds is 4. The van der Waals surface area contributed by atoms with Gasteiger partial charge in [0, 0.05) is 19.2 Å². The van der Waals surface area contributed by atoms with Crippen molar-refractivity contribution in [2.75, 3.05) is 13.2 Å². The first-order valence-electron chi connectivity index (χ1n) is 5.55. The van der Waals surface area contributed by atoms with E-state index in [-0.39, 0.29) is 0 Å². The van der Waals surface area contributed by atoms with Gasteiger partial charge in [-0.1, -0.05) is 0 Å². The van der Waals surface area contributed by atoms with Crippen LogP contribution in [0.3, 0.4) is 0 Å². The second kappa shape index (κ2) is 5.10. The van der Waals surface area contributed by atoms with Crippen LogP contribution in [0.2, 0.25) is 0 Å². The molecule has 0 aromatic heterocycles. The van der Waals surface area contributed by atoms with E-state index in [0.29, 0.717) is 25.2 Å². The van der Waals surface area contributed by atoms with Crippen molar-refractivity contribution in [3.8, 4) is 0 Å². The van der Waals surface area contributed by atoms with Gasteiger partial charge in [-0.2, -0.15) is 0 Å². The van der Waals surface area contributed by atoms with Crippen molar-refractivity contribution in [1.29, 1.82) is 0 Å².